The summed E-state index contributed by atoms with van der Waals surface area (Å²) in [6, 6.07) is 11.1. The molecule has 1 aromatic rings. The van der Waals surface area contributed by atoms with Crippen molar-refractivity contribution < 1.29 is 0 Å². The summed E-state index contributed by atoms with van der Waals surface area (Å²) in [4.78, 5) is 4.98. The quantitative estimate of drug-likeness (QED) is 0.372. The summed E-state index contributed by atoms with van der Waals surface area (Å²) >= 11 is 0. The van der Waals surface area contributed by atoms with E-state index in [0.29, 0.717) is 12.0 Å². The first-order valence-corrected chi connectivity index (χ1v) is 8.35. The molecule has 2 atom stereocenters. The molecule has 2 unspecified atom stereocenters. The molecule has 0 saturated heterocycles. The second-order valence-electron chi connectivity index (χ2n) is 6.22. The second-order valence-corrected chi connectivity index (χ2v) is 6.22. The number of hydrogen-bond donors (Lipinski definition) is 2. The van der Waals surface area contributed by atoms with Gasteiger partial charge >= 0.3 is 0 Å². The number of nitrogens with zero attached hydrogens (tertiary/aromatic N) is 1. The monoisotopic (exact) mass is 287 g/mol. The first-order valence-electron chi connectivity index (χ1n) is 8.35. The number of aliphatic imine (C=N–C) groups is 1. The number of nitrogens with one attached hydrogen (secondary N) is 1. The number of hydrazine groups is 1. The smallest absolute Gasteiger partial charge is 0.118 e. The maximum atomic E-state index is 5.84. The third-order valence-electron chi connectivity index (χ3n) is 4.71. The van der Waals surface area contributed by atoms with Gasteiger partial charge in [-0.25, -0.2) is 5.84 Å². The molecule has 0 bridgehead atoms. The zero-order chi connectivity index (χ0) is 15.1. The Morgan fingerprint density at radius 3 is 2.48 bits per heavy atom. The van der Waals surface area contributed by atoms with Crippen LogP contribution in [0.3, 0.4) is 0 Å². The van der Waals surface area contributed by atoms with Crippen molar-refractivity contribution in [3.8, 4) is 0 Å². The summed E-state index contributed by atoms with van der Waals surface area (Å²) in [6.45, 7) is 4.51. The van der Waals surface area contributed by atoms with Crippen LogP contribution >= 0.6 is 0 Å². The highest BCUT2D eigenvalue weighted by atomic mass is 15.3. The van der Waals surface area contributed by atoms with Crippen molar-refractivity contribution in [3.63, 3.8) is 0 Å². The Balaban J connectivity index is 2.26. The van der Waals surface area contributed by atoms with Crippen molar-refractivity contribution in [3.05, 3.63) is 35.9 Å². The van der Waals surface area contributed by atoms with Gasteiger partial charge in [-0.3, -0.25) is 4.99 Å². The number of rotatable bonds is 5. The Kier molecular flexibility index (Phi) is 6.24. The Bertz CT molecular complexity index is 435. The van der Waals surface area contributed by atoms with E-state index >= 15 is 0 Å². The molecule has 1 aliphatic rings. The van der Waals surface area contributed by atoms with Crippen LogP contribution < -0.4 is 11.3 Å². The van der Waals surface area contributed by atoms with Crippen LogP contribution in [0.15, 0.2) is 35.3 Å². The van der Waals surface area contributed by atoms with Crippen LogP contribution in [0, 0.1) is 5.92 Å². The topological polar surface area (TPSA) is 50.4 Å². The molecule has 2 rings (SSSR count). The minimum Gasteiger partial charge on any atom is -0.312 e. The van der Waals surface area contributed by atoms with Crippen LogP contribution in [-0.2, 0) is 0 Å². The molecule has 1 fully saturated rings. The van der Waals surface area contributed by atoms with E-state index in [2.05, 4.69) is 49.6 Å². The lowest BCUT2D eigenvalue weighted by molar-refractivity contribution is 0.437. The number of hydrogen-bond acceptors (Lipinski definition) is 2. The fourth-order valence-corrected chi connectivity index (χ4v) is 3.27. The Labute approximate surface area is 129 Å². The first kappa shape index (κ1) is 16.0. The Morgan fingerprint density at radius 1 is 1.24 bits per heavy atom. The highest BCUT2D eigenvalue weighted by molar-refractivity contribution is 5.89. The molecule has 3 N–H and O–H groups in total. The highest BCUT2D eigenvalue weighted by Gasteiger charge is 2.25. The maximum absolute atomic E-state index is 5.84. The molecule has 0 aliphatic heterocycles. The summed E-state index contributed by atoms with van der Waals surface area (Å²) in [6.07, 6.45) is 7.47. The fraction of sp³-hybridized carbons (Fsp3) is 0.611. The first-order chi connectivity index (χ1) is 10.3. The van der Waals surface area contributed by atoms with Crippen molar-refractivity contribution >= 4 is 5.84 Å². The van der Waals surface area contributed by atoms with Gasteiger partial charge in [0.2, 0.25) is 0 Å². The van der Waals surface area contributed by atoms with E-state index in [-0.39, 0.29) is 5.92 Å². The van der Waals surface area contributed by atoms with Crippen LogP contribution in [0.1, 0.15) is 63.9 Å². The van der Waals surface area contributed by atoms with E-state index < -0.39 is 0 Å². The zero-order valence-corrected chi connectivity index (χ0v) is 13.4. The van der Waals surface area contributed by atoms with Gasteiger partial charge in [0.1, 0.15) is 5.84 Å². The maximum Gasteiger partial charge on any atom is 0.118 e. The van der Waals surface area contributed by atoms with Gasteiger partial charge in [0.05, 0.1) is 6.04 Å². The van der Waals surface area contributed by atoms with E-state index in [0.717, 1.165) is 12.3 Å². The van der Waals surface area contributed by atoms with Crippen LogP contribution in [0.5, 0.6) is 0 Å². The van der Waals surface area contributed by atoms with E-state index in [1.165, 1.54) is 37.7 Å². The molecule has 0 aromatic heterocycles. The van der Waals surface area contributed by atoms with Crippen LogP contribution in [0.2, 0.25) is 0 Å². The van der Waals surface area contributed by atoms with Gasteiger partial charge in [0, 0.05) is 5.92 Å². The normalized spacial score (nSPS) is 20.0. The van der Waals surface area contributed by atoms with Crippen LogP contribution in [0.25, 0.3) is 0 Å². The lowest BCUT2D eigenvalue weighted by Crippen LogP contribution is -2.38. The molecule has 1 aliphatic carbocycles. The SMILES string of the molecule is CCC(C)C(C(=NC1CCCCC1)NN)c1ccccc1. The molecular weight excluding hydrogens is 258 g/mol. The predicted octanol–water partition coefficient (Wildman–Crippen LogP) is 4.01. The summed E-state index contributed by atoms with van der Waals surface area (Å²) in [7, 11) is 0. The molecule has 0 radical (unpaired) electrons. The third kappa shape index (κ3) is 4.31. The van der Waals surface area contributed by atoms with Gasteiger partial charge in [-0.2, -0.15) is 0 Å². The summed E-state index contributed by atoms with van der Waals surface area (Å²) in [5.41, 5.74) is 4.22. The number of amidine groups is 1. The molecule has 0 amide bonds. The lowest BCUT2D eigenvalue weighted by atomic mass is 9.84. The number of nitrogens with two attached hydrogens (primary N) is 1. The van der Waals surface area contributed by atoms with Gasteiger partial charge in [-0.1, -0.05) is 69.9 Å². The third-order valence-corrected chi connectivity index (χ3v) is 4.71. The largest absolute Gasteiger partial charge is 0.312 e. The van der Waals surface area contributed by atoms with Crippen molar-refractivity contribution in [2.75, 3.05) is 0 Å². The summed E-state index contributed by atoms with van der Waals surface area (Å²) in [5.74, 6) is 7.59. The van der Waals surface area contributed by atoms with Gasteiger partial charge < -0.3 is 5.43 Å². The minimum atomic E-state index is 0.267. The lowest BCUT2D eigenvalue weighted by Gasteiger charge is -2.27. The van der Waals surface area contributed by atoms with Gasteiger partial charge in [0.15, 0.2) is 0 Å². The van der Waals surface area contributed by atoms with Crippen LogP contribution in [-0.4, -0.2) is 11.9 Å². The highest BCUT2D eigenvalue weighted by Crippen LogP contribution is 2.29. The van der Waals surface area contributed by atoms with E-state index in [9.17, 15) is 0 Å². The van der Waals surface area contributed by atoms with E-state index in [4.69, 9.17) is 10.8 Å². The molecule has 21 heavy (non-hydrogen) atoms. The average molecular weight is 287 g/mol. The minimum absolute atomic E-state index is 0.267. The molecule has 3 nitrogen and oxygen atoms in total. The number of benzene rings is 1. The molecule has 1 aromatic carbocycles. The molecule has 3 heteroatoms. The zero-order valence-electron chi connectivity index (χ0n) is 13.4. The van der Waals surface area contributed by atoms with Crippen molar-refractivity contribution in [2.45, 2.75) is 64.3 Å². The summed E-state index contributed by atoms with van der Waals surface area (Å²) in [5, 5.41) is 0. The Hall–Kier alpha value is -1.35. The molecule has 116 valence electrons. The summed E-state index contributed by atoms with van der Waals surface area (Å²) < 4.78 is 0. The van der Waals surface area contributed by atoms with Gasteiger partial charge in [-0.15, -0.1) is 0 Å². The molecule has 0 heterocycles. The Morgan fingerprint density at radius 2 is 1.90 bits per heavy atom. The van der Waals surface area contributed by atoms with Crippen molar-refractivity contribution in [1.82, 2.24) is 5.43 Å². The fourth-order valence-electron chi connectivity index (χ4n) is 3.27. The van der Waals surface area contributed by atoms with E-state index in [1.807, 2.05) is 0 Å². The second kappa shape index (κ2) is 8.18. The van der Waals surface area contributed by atoms with Gasteiger partial charge in [-0.05, 0) is 24.3 Å². The molecular formula is C18H29N3. The predicted molar refractivity (Wildman–Crippen MR) is 90.3 cm³/mol. The van der Waals surface area contributed by atoms with Gasteiger partial charge in [0.25, 0.3) is 0 Å². The van der Waals surface area contributed by atoms with E-state index in [1.54, 1.807) is 0 Å². The molecule has 0 spiro atoms. The average Bonchev–Trinajstić information content (AvgIpc) is 2.56. The van der Waals surface area contributed by atoms with Crippen molar-refractivity contribution in [1.29, 1.82) is 0 Å². The van der Waals surface area contributed by atoms with Crippen LogP contribution in [0.4, 0.5) is 0 Å². The molecule has 1 saturated carbocycles. The van der Waals surface area contributed by atoms with Crippen molar-refractivity contribution in [2.24, 2.45) is 16.8 Å². The standard InChI is InChI=1S/C18H29N3/c1-3-14(2)17(15-10-6-4-7-11-15)18(21-19)20-16-12-8-5-9-13-16/h4,6-7,10-11,14,16-17H,3,5,8-9,12-13,19H2,1-2H3,(H,20,21).